The first-order valence-electron chi connectivity index (χ1n) is 9.91. The SMILES string of the molecule is CN=C(NCCNc1ncccc1C(F)(F)F)N1CCC(Oc2ccccc2)CC1.I. The van der Waals surface area contributed by atoms with E-state index in [0.29, 0.717) is 6.54 Å². The van der Waals surface area contributed by atoms with Crippen molar-refractivity contribution in [1.82, 2.24) is 15.2 Å². The normalized spacial score (nSPS) is 15.2. The Hall–Kier alpha value is -2.24. The number of benzene rings is 1. The lowest BCUT2D eigenvalue weighted by molar-refractivity contribution is -0.137. The Labute approximate surface area is 197 Å². The molecule has 1 aromatic heterocycles. The topological polar surface area (TPSA) is 61.8 Å². The van der Waals surface area contributed by atoms with Gasteiger partial charge in [0.2, 0.25) is 0 Å². The van der Waals surface area contributed by atoms with Crippen molar-refractivity contribution in [2.24, 2.45) is 4.99 Å². The van der Waals surface area contributed by atoms with Crippen LogP contribution in [0.1, 0.15) is 18.4 Å². The first-order valence-corrected chi connectivity index (χ1v) is 9.91. The van der Waals surface area contributed by atoms with Gasteiger partial charge < -0.3 is 20.3 Å². The number of anilines is 1. The van der Waals surface area contributed by atoms with Crippen molar-refractivity contribution < 1.29 is 17.9 Å². The van der Waals surface area contributed by atoms with E-state index in [1.165, 1.54) is 12.3 Å². The predicted molar refractivity (Wildman–Crippen MR) is 126 cm³/mol. The molecule has 2 aromatic rings. The monoisotopic (exact) mass is 549 g/mol. The van der Waals surface area contributed by atoms with E-state index in [1.54, 1.807) is 7.05 Å². The number of hydrogen-bond donors (Lipinski definition) is 2. The van der Waals surface area contributed by atoms with Crippen molar-refractivity contribution in [2.75, 3.05) is 38.5 Å². The summed E-state index contributed by atoms with van der Waals surface area (Å²) >= 11 is 0. The molecule has 0 saturated carbocycles. The maximum Gasteiger partial charge on any atom is 0.419 e. The molecule has 1 aliphatic heterocycles. The Kier molecular flexibility index (Phi) is 9.66. The summed E-state index contributed by atoms with van der Waals surface area (Å²) in [7, 11) is 1.70. The Morgan fingerprint density at radius 3 is 2.48 bits per heavy atom. The second kappa shape index (κ2) is 12.0. The molecule has 0 aliphatic carbocycles. The van der Waals surface area contributed by atoms with Crippen LogP contribution in [0.5, 0.6) is 5.75 Å². The minimum atomic E-state index is -4.44. The number of piperidine rings is 1. The smallest absolute Gasteiger partial charge is 0.419 e. The molecule has 10 heteroatoms. The second-order valence-corrected chi connectivity index (χ2v) is 6.92. The van der Waals surface area contributed by atoms with Crippen LogP contribution >= 0.6 is 24.0 Å². The minimum absolute atomic E-state index is 0. The molecule has 3 rings (SSSR count). The van der Waals surface area contributed by atoms with Gasteiger partial charge in [-0.1, -0.05) is 18.2 Å². The van der Waals surface area contributed by atoms with E-state index in [0.717, 1.165) is 43.7 Å². The lowest BCUT2D eigenvalue weighted by Crippen LogP contribution is -2.48. The fraction of sp³-hybridized carbons (Fsp3) is 0.429. The summed E-state index contributed by atoms with van der Waals surface area (Å²) in [6.45, 7) is 2.29. The maximum absolute atomic E-state index is 13.0. The van der Waals surface area contributed by atoms with Crippen molar-refractivity contribution in [3.8, 4) is 5.75 Å². The first kappa shape index (κ1) is 25.0. The van der Waals surface area contributed by atoms with Gasteiger partial charge in [0.25, 0.3) is 0 Å². The molecule has 31 heavy (non-hydrogen) atoms. The summed E-state index contributed by atoms with van der Waals surface area (Å²) in [4.78, 5) is 10.2. The van der Waals surface area contributed by atoms with Gasteiger partial charge in [0.15, 0.2) is 5.96 Å². The van der Waals surface area contributed by atoms with E-state index < -0.39 is 11.7 Å². The largest absolute Gasteiger partial charge is 0.490 e. The van der Waals surface area contributed by atoms with Crippen molar-refractivity contribution >= 4 is 35.8 Å². The number of hydrogen-bond acceptors (Lipinski definition) is 4. The van der Waals surface area contributed by atoms with Crippen LogP contribution in [-0.4, -0.2) is 55.2 Å². The summed E-state index contributed by atoms with van der Waals surface area (Å²) in [5, 5.41) is 5.95. The van der Waals surface area contributed by atoms with Gasteiger partial charge in [-0.05, 0) is 24.3 Å². The van der Waals surface area contributed by atoms with Crippen LogP contribution in [0, 0.1) is 0 Å². The third-order valence-electron chi connectivity index (χ3n) is 4.81. The molecule has 0 unspecified atom stereocenters. The molecule has 0 atom stereocenters. The third-order valence-corrected chi connectivity index (χ3v) is 4.81. The molecule has 1 saturated heterocycles. The number of rotatable bonds is 6. The van der Waals surface area contributed by atoms with Crippen LogP contribution < -0.4 is 15.4 Å². The van der Waals surface area contributed by atoms with Gasteiger partial charge >= 0.3 is 6.18 Å². The Balaban J connectivity index is 0.00000341. The van der Waals surface area contributed by atoms with Crippen LogP contribution in [0.15, 0.2) is 53.7 Å². The molecule has 170 valence electrons. The molecular formula is C21H27F3IN5O. The number of nitrogens with zero attached hydrogens (tertiary/aromatic N) is 3. The fourth-order valence-electron chi connectivity index (χ4n) is 3.34. The number of nitrogens with one attached hydrogen (secondary N) is 2. The van der Waals surface area contributed by atoms with Gasteiger partial charge in [-0.15, -0.1) is 24.0 Å². The Morgan fingerprint density at radius 1 is 1.13 bits per heavy atom. The summed E-state index contributed by atoms with van der Waals surface area (Å²) in [5.41, 5.74) is -0.769. The number of halogens is 4. The molecular weight excluding hydrogens is 522 g/mol. The fourth-order valence-corrected chi connectivity index (χ4v) is 3.34. The molecule has 1 aromatic carbocycles. The molecule has 0 spiro atoms. The summed E-state index contributed by atoms with van der Waals surface area (Å²) in [6.07, 6.45) is -1.20. The number of aromatic nitrogens is 1. The number of pyridine rings is 1. The predicted octanol–water partition coefficient (Wildman–Crippen LogP) is 4.25. The van der Waals surface area contributed by atoms with Gasteiger partial charge in [0.05, 0.1) is 5.56 Å². The van der Waals surface area contributed by atoms with Gasteiger partial charge in [0, 0.05) is 52.3 Å². The number of ether oxygens (including phenoxy) is 1. The quantitative estimate of drug-likeness (QED) is 0.244. The summed E-state index contributed by atoms with van der Waals surface area (Å²) in [6, 6.07) is 12.1. The zero-order valence-corrected chi connectivity index (χ0v) is 19.6. The van der Waals surface area contributed by atoms with Crippen molar-refractivity contribution in [3.63, 3.8) is 0 Å². The van der Waals surface area contributed by atoms with Gasteiger partial charge in [-0.3, -0.25) is 4.99 Å². The highest BCUT2D eigenvalue weighted by Gasteiger charge is 2.34. The van der Waals surface area contributed by atoms with Crippen LogP contribution in [0.2, 0.25) is 0 Å². The number of alkyl halides is 3. The van der Waals surface area contributed by atoms with Crippen LogP contribution in [-0.2, 0) is 6.18 Å². The van der Waals surface area contributed by atoms with E-state index >= 15 is 0 Å². The molecule has 0 radical (unpaired) electrons. The number of guanidine groups is 1. The van der Waals surface area contributed by atoms with Gasteiger partial charge in [-0.25, -0.2) is 4.98 Å². The Morgan fingerprint density at radius 2 is 1.84 bits per heavy atom. The highest BCUT2D eigenvalue weighted by Crippen LogP contribution is 2.33. The molecule has 1 aliphatic rings. The van der Waals surface area contributed by atoms with Crippen molar-refractivity contribution in [1.29, 1.82) is 0 Å². The number of aliphatic imine (C=N–C) groups is 1. The van der Waals surface area contributed by atoms with Crippen LogP contribution in [0.25, 0.3) is 0 Å². The van der Waals surface area contributed by atoms with E-state index in [4.69, 9.17) is 4.74 Å². The molecule has 6 nitrogen and oxygen atoms in total. The minimum Gasteiger partial charge on any atom is -0.490 e. The third kappa shape index (κ3) is 7.44. The van der Waals surface area contributed by atoms with Gasteiger partial charge in [-0.2, -0.15) is 13.2 Å². The maximum atomic E-state index is 13.0. The van der Waals surface area contributed by atoms with Gasteiger partial charge in [0.1, 0.15) is 17.7 Å². The highest BCUT2D eigenvalue weighted by molar-refractivity contribution is 14.0. The zero-order valence-electron chi connectivity index (χ0n) is 17.2. The van der Waals surface area contributed by atoms with Crippen molar-refractivity contribution in [2.45, 2.75) is 25.1 Å². The van der Waals surface area contributed by atoms with E-state index in [2.05, 4.69) is 25.5 Å². The highest BCUT2D eigenvalue weighted by atomic mass is 127. The standard InChI is InChI=1S/C21H26F3N5O.HI/c1-25-20(28-13-12-27-19-18(21(22,23)24)8-5-11-26-19)29-14-9-17(10-15-29)30-16-6-3-2-4-7-16;/h2-8,11,17H,9-10,12-15H2,1H3,(H,25,28)(H,26,27);1H. The molecule has 2 heterocycles. The average Bonchev–Trinajstić information content (AvgIpc) is 2.75. The molecule has 0 bridgehead atoms. The Bertz CT molecular complexity index is 827. The lowest BCUT2D eigenvalue weighted by atomic mass is 10.1. The lowest BCUT2D eigenvalue weighted by Gasteiger charge is -2.34. The van der Waals surface area contributed by atoms with E-state index in [9.17, 15) is 13.2 Å². The van der Waals surface area contributed by atoms with Crippen molar-refractivity contribution in [3.05, 3.63) is 54.2 Å². The average molecular weight is 549 g/mol. The number of likely N-dealkylation sites (tertiary alicyclic amines) is 1. The molecule has 1 fully saturated rings. The first-order chi connectivity index (χ1) is 14.5. The van der Waals surface area contributed by atoms with E-state index in [-0.39, 0.29) is 42.4 Å². The molecule has 0 amide bonds. The van der Waals surface area contributed by atoms with Crippen LogP contribution in [0.3, 0.4) is 0 Å². The summed E-state index contributed by atoms with van der Waals surface area (Å²) in [5.74, 6) is 1.44. The summed E-state index contributed by atoms with van der Waals surface area (Å²) < 4.78 is 45.1. The van der Waals surface area contributed by atoms with Crippen LogP contribution in [0.4, 0.5) is 19.0 Å². The molecule has 2 N–H and O–H groups in total. The van der Waals surface area contributed by atoms with E-state index in [1.807, 2.05) is 30.3 Å². The number of para-hydroxylation sites is 1. The second-order valence-electron chi connectivity index (χ2n) is 6.92. The zero-order chi connectivity index (χ0) is 21.4.